The first-order valence-electron chi connectivity index (χ1n) is 24.0. The molecule has 2 rings (SSSR count). The summed E-state index contributed by atoms with van der Waals surface area (Å²) in [6.07, 6.45) is 1.38. The zero-order valence-corrected chi connectivity index (χ0v) is 44.7. The van der Waals surface area contributed by atoms with E-state index in [9.17, 15) is 33.6 Å². The zero-order chi connectivity index (χ0) is 52.9. The summed E-state index contributed by atoms with van der Waals surface area (Å²) in [7, 11) is 1.64. The van der Waals surface area contributed by atoms with Crippen LogP contribution in [0, 0.1) is 23.7 Å². The Balaban J connectivity index is 0.00000123. The largest absolute Gasteiger partial charge is 0.394 e. The maximum atomic E-state index is 12.6. The second kappa shape index (κ2) is 39.9. The van der Waals surface area contributed by atoms with Crippen molar-refractivity contribution in [2.75, 3.05) is 112 Å². The molecule has 22 nitrogen and oxygen atoms in total. The van der Waals surface area contributed by atoms with Crippen molar-refractivity contribution in [1.82, 2.24) is 25.8 Å². The molecule has 2 fully saturated rings. The molecule has 402 valence electrons. The van der Waals surface area contributed by atoms with Gasteiger partial charge in [0, 0.05) is 58.2 Å². The van der Waals surface area contributed by atoms with E-state index in [0.29, 0.717) is 69.6 Å². The molecule has 0 aromatic rings. The number of ether oxygens (including phenoxy) is 4. The van der Waals surface area contributed by atoms with Gasteiger partial charge in [0.2, 0.25) is 41.4 Å². The predicted octanol–water partition coefficient (Wildman–Crippen LogP) is 3.21. The lowest BCUT2D eigenvalue weighted by Gasteiger charge is -2.16. The van der Waals surface area contributed by atoms with Crippen molar-refractivity contribution in [3.05, 3.63) is 0 Å². The number of methoxy groups -OCH3 is 1. The summed E-state index contributed by atoms with van der Waals surface area (Å²) in [6.45, 7) is 26.0. The van der Waals surface area contributed by atoms with E-state index >= 15 is 0 Å². The van der Waals surface area contributed by atoms with E-state index in [1.54, 1.807) is 14.0 Å². The fourth-order valence-corrected chi connectivity index (χ4v) is 6.26. The van der Waals surface area contributed by atoms with Crippen LogP contribution in [0.4, 0.5) is 0 Å². The molecule has 0 aromatic carbocycles. The Hall–Kier alpha value is -4.71. The van der Waals surface area contributed by atoms with Gasteiger partial charge in [-0.2, -0.15) is 0 Å². The molecule has 23 heteroatoms. The van der Waals surface area contributed by atoms with Crippen LogP contribution >= 0.6 is 11.8 Å². The fourth-order valence-electron chi connectivity index (χ4n) is 5.14. The van der Waals surface area contributed by atoms with Crippen molar-refractivity contribution in [2.45, 2.75) is 107 Å². The van der Waals surface area contributed by atoms with Gasteiger partial charge in [-0.15, -0.1) is 11.8 Å². The number of imide groups is 2. The number of amides is 7. The van der Waals surface area contributed by atoms with E-state index in [2.05, 4.69) is 45.3 Å². The molecule has 0 spiro atoms. The topological polar surface area (TPSA) is 264 Å². The lowest BCUT2D eigenvalue weighted by atomic mass is 10.1. The summed E-state index contributed by atoms with van der Waals surface area (Å²) in [5.41, 5.74) is 2.78. The quantitative estimate of drug-likeness (QED) is 0.0362. The second-order valence-corrected chi connectivity index (χ2v) is 18.5. The number of thioether (sulfide) groups is 1. The average Bonchev–Trinajstić information content (AvgIpc) is 3.71. The van der Waals surface area contributed by atoms with Gasteiger partial charge in [0.05, 0.1) is 81.5 Å². The van der Waals surface area contributed by atoms with Crippen LogP contribution in [-0.2, 0) is 67.0 Å². The van der Waals surface area contributed by atoms with E-state index in [-0.39, 0.29) is 119 Å². The van der Waals surface area contributed by atoms with Crippen molar-refractivity contribution in [2.24, 2.45) is 39.1 Å². The van der Waals surface area contributed by atoms with E-state index in [4.69, 9.17) is 33.5 Å². The van der Waals surface area contributed by atoms with Crippen molar-refractivity contribution in [3.63, 3.8) is 0 Å². The molecule has 2 atom stereocenters. The minimum Gasteiger partial charge on any atom is -0.394 e. The summed E-state index contributed by atoms with van der Waals surface area (Å²) < 4.78 is 20.9. The molecule has 2 unspecified atom stereocenters. The standard InChI is InChI=1S/C25H40N4O8S.C13H26N2O4.C9H18N2O2/c1-17(2)19(4)27-37-9-6-26-21(30)5-14-38-20-16-23(32)29(25(20)34)8-11-36-13-12-35-10-7-28-22(31)15-18(3)24(28)33;1-11(2)12(3)15-19-9-6-14-13(16)10-18-8-5-7-17-4;1-7(2)8(3)11-13-6-5-10-9(4)12/h17-18,20H,5-16H2,1-4H3,(H,26,30);11H,5-10H2,1-4H3,(H,14,16);7H,5-6H2,1-4H3,(H,10,12)/b27-19+;15-12+;11-8+. The van der Waals surface area contributed by atoms with Crippen LogP contribution in [-0.4, -0.2) is 185 Å². The Morgan fingerprint density at radius 3 is 1.50 bits per heavy atom. The van der Waals surface area contributed by atoms with Gasteiger partial charge in [0.15, 0.2) is 0 Å². The molecule has 2 aliphatic heterocycles. The van der Waals surface area contributed by atoms with Gasteiger partial charge in [0.1, 0.15) is 26.4 Å². The third kappa shape index (κ3) is 32.2. The smallest absolute Gasteiger partial charge is 0.246 e. The molecule has 0 radical (unpaired) electrons. The van der Waals surface area contributed by atoms with E-state index < -0.39 is 5.25 Å². The molecule has 0 aliphatic carbocycles. The maximum absolute atomic E-state index is 12.6. The molecular weight excluding hydrogens is 933 g/mol. The van der Waals surface area contributed by atoms with Gasteiger partial charge in [0.25, 0.3) is 0 Å². The van der Waals surface area contributed by atoms with Crippen LogP contribution in [0.25, 0.3) is 0 Å². The van der Waals surface area contributed by atoms with Gasteiger partial charge in [-0.1, -0.05) is 63.9 Å². The lowest BCUT2D eigenvalue weighted by molar-refractivity contribution is -0.141. The number of rotatable bonds is 34. The summed E-state index contributed by atoms with van der Waals surface area (Å²) in [6, 6.07) is 0. The molecule has 3 N–H and O–H groups in total. The van der Waals surface area contributed by atoms with E-state index in [1.807, 2.05) is 48.5 Å². The third-order valence-electron chi connectivity index (χ3n) is 10.2. The fraction of sp³-hybridized carbons (Fsp3) is 0.787. The van der Waals surface area contributed by atoms with Crippen LogP contribution in [0.1, 0.15) is 102 Å². The molecule has 2 heterocycles. The van der Waals surface area contributed by atoms with Gasteiger partial charge >= 0.3 is 0 Å². The van der Waals surface area contributed by atoms with E-state index in [1.165, 1.54) is 28.5 Å². The number of hydrogen-bond donors (Lipinski definition) is 3. The summed E-state index contributed by atoms with van der Waals surface area (Å²) in [5, 5.41) is 19.3. The number of oxime groups is 3. The first-order chi connectivity index (χ1) is 33.2. The number of nitrogens with zero attached hydrogens (tertiary/aromatic N) is 5. The number of carbonyl (C=O) groups is 7. The van der Waals surface area contributed by atoms with Crippen molar-refractivity contribution in [1.29, 1.82) is 0 Å². The Morgan fingerprint density at radius 2 is 1.06 bits per heavy atom. The average molecular weight is 1020 g/mol. The van der Waals surface area contributed by atoms with Crippen LogP contribution in [0.5, 0.6) is 0 Å². The van der Waals surface area contributed by atoms with Gasteiger partial charge in [-0.3, -0.25) is 43.4 Å². The Bertz CT molecular complexity index is 1660. The Kier molecular flexibility index (Phi) is 37.3. The maximum Gasteiger partial charge on any atom is 0.246 e. The molecule has 2 saturated heterocycles. The second-order valence-electron chi connectivity index (χ2n) is 17.2. The highest BCUT2D eigenvalue weighted by Crippen LogP contribution is 2.25. The minimum absolute atomic E-state index is 0.0480. The first-order valence-corrected chi connectivity index (χ1v) is 25.1. The van der Waals surface area contributed by atoms with Crippen molar-refractivity contribution < 1.29 is 67.0 Å². The SMILES string of the molecule is C/C(=N\OCCNC(=O)CCSC1CC(=O)N(CCOCCOCCN2C(=O)CC(C)C2=O)C1=O)C(C)C.CC(=O)NCCO/N=C(\C)C(C)C.COCCCOCC(=O)NCCO/N=C(\C)C(C)C. The normalized spacial score (nSPS) is 16.4. The molecular formula is C47H84N8O14S. The molecule has 2 aliphatic rings. The number of carbonyl (C=O) groups excluding carboxylic acids is 7. The summed E-state index contributed by atoms with van der Waals surface area (Å²) in [4.78, 5) is 99.7. The highest BCUT2D eigenvalue weighted by Gasteiger charge is 2.38. The monoisotopic (exact) mass is 1020 g/mol. The Morgan fingerprint density at radius 1 is 0.600 bits per heavy atom. The number of hydrogen-bond acceptors (Lipinski definition) is 18. The Labute approximate surface area is 419 Å². The minimum atomic E-state index is -0.492. The predicted molar refractivity (Wildman–Crippen MR) is 268 cm³/mol. The molecule has 0 bridgehead atoms. The van der Waals surface area contributed by atoms with Crippen molar-refractivity contribution >= 4 is 70.2 Å². The summed E-state index contributed by atoms with van der Waals surface area (Å²) >= 11 is 1.30. The molecule has 70 heavy (non-hydrogen) atoms. The highest BCUT2D eigenvalue weighted by atomic mass is 32.2. The van der Waals surface area contributed by atoms with E-state index in [0.717, 1.165) is 23.6 Å². The lowest BCUT2D eigenvalue weighted by Crippen LogP contribution is -2.35. The van der Waals surface area contributed by atoms with Crippen LogP contribution in [0.3, 0.4) is 0 Å². The molecule has 0 saturated carbocycles. The zero-order valence-electron chi connectivity index (χ0n) is 43.9. The molecule has 7 amide bonds. The van der Waals surface area contributed by atoms with Gasteiger partial charge in [-0.25, -0.2) is 0 Å². The van der Waals surface area contributed by atoms with Gasteiger partial charge < -0.3 is 49.4 Å². The van der Waals surface area contributed by atoms with Crippen LogP contribution < -0.4 is 16.0 Å². The van der Waals surface area contributed by atoms with Crippen LogP contribution in [0.15, 0.2) is 15.5 Å². The van der Waals surface area contributed by atoms with Gasteiger partial charge in [-0.05, 0) is 44.9 Å². The molecule has 0 aromatic heterocycles. The van der Waals surface area contributed by atoms with Crippen LogP contribution in [0.2, 0.25) is 0 Å². The highest BCUT2D eigenvalue weighted by molar-refractivity contribution is 8.00. The first kappa shape index (κ1) is 65.3. The third-order valence-corrected chi connectivity index (χ3v) is 11.4. The number of nitrogens with one attached hydrogen (secondary N) is 3. The summed E-state index contributed by atoms with van der Waals surface area (Å²) in [5.74, 6) is 0.0341. The number of likely N-dealkylation sites (tertiary alicyclic amines) is 2. The van der Waals surface area contributed by atoms with Crippen molar-refractivity contribution in [3.8, 4) is 0 Å².